The molecular formula is C25H32N2O3+2. The number of hydrogen-bond donors (Lipinski definition) is 3. The van der Waals surface area contributed by atoms with Crippen LogP contribution < -0.4 is 14.5 Å². The molecule has 0 bridgehead atoms. The van der Waals surface area contributed by atoms with Crippen molar-refractivity contribution in [3.63, 3.8) is 0 Å². The minimum Gasteiger partial charge on any atom is -0.507 e. The van der Waals surface area contributed by atoms with Crippen LogP contribution in [-0.4, -0.2) is 43.6 Å². The number of benzene rings is 2. The summed E-state index contributed by atoms with van der Waals surface area (Å²) in [5.41, 5.74) is 3.49. The predicted octanol–water partition coefficient (Wildman–Crippen LogP) is 1.44. The van der Waals surface area contributed by atoms with E-state index in [-0.39, 0.29) is 11.5 Å². The van der Waals surface area contributed by atoms with E-state index in [0.29, 0.717) is 29.5 Å². The third-order valence-electron chi connectivity index (χ3n) is 6.41. The van der Waals surface area contributed by atoms with Crippen molar-refractivity contribution in [2.45, 2.75) is 33.2 Å². The third kappa shape index (κ3) is 4.13. The lowest BCUT2D eigenvalue weighted by atomic mass is 10.0. The summed E-state index contributed by atoms with van der Waals surface area (Å²) in [4.78, 5) is 16.0. The maximum absolute atomic E-state index is 12.9. The molecule has 5 heteroatoms. The number of ether oxygens (including phenoxy) is 1. The number of Topliss-reactive ketones (excluding diaryl/α,β-unsaturated/α-hetero) is 1. The number of hydrogen-bond acceptors (Lipinski definition) is 3. The van der Waals surface area contributed by atoms with E-state index in [1.165, 1.54) is 10.5 Å². The van der Waals surface area contributed by atoms with Gasteiger partial charge in [-0.3, -0.25) is 4.79 Å². The normalized spacial score (nSPS) is 22.4. The summed E-state index contributed by atoms with van der Waals surface area (Å²) in [5, 5.41) is 10.5. The number of allylic oxidation sites excluding steroid dienone is 1. The van der Waals surface area contributed by atoms with Crippen molar-refractivity contribution < 1.29 is 24.4 Å². The molecule has 5 nitrogen and oxygen atoms in total. The summed E-state index contributed by atoms with van der Waals surface area (Å²) in [6.07, 6.45) is 1.80. The summed E-state index contributed by atoms with van der Waals surface area (Å²) in [6.45, 7) is 12.8. The number of fused-ring (bicyclic) bond motifs is 1. The number of carbonyl (C=O) groups is 1. The second kappa shape index (κ2) is 8.62. The van der Waals surface area contributed by atoms with Crippen molar-refractivity contribution in [3.05, 3.63) is 64.4 Å². The number of ketones is 1. The largest absolute Gasteiger partial charge is 0.507 e. The summed E-state index contributed by atoms with van der Waals surface area (Å²) < 4.78 is 6.03. The minimum absolute atomic E-state index is 0.116. The van der Waals surface area contributed by atoms with E-state index >= 15 is 0 Å². The topological polar surface area (TPSA) is 55.4 Å². The van der Waals surface area contributed by atoms with Crippen molar-refractivity contribution in [1.82, 2.24) is 0 Å². The summed E-state index contributed by atoms with van der Waals surface area (Å²) in [5.74, 6) is 1.41. The van der Waals surface area contributed by atoms with Gasteiger partial charge in [0.1, 0.15) is 38.5 Å². The second-order valence-electron chi connectivity index (χ2n) is 8.73. The van der Waals surface area contributed by atoms with Crippen LogP contribution in [0.1, 0.15) is 53.7 Å². The smallest absolute Gasteiger partial charge is 0.231 e. The van der Waals surface area contributed by atoms with Gasteiger partial charge in [-0.05, 0) is 42.2 Å². The van der Waals surface area contributed by atoms with Gasteiger partial charge < -0.3 is 19.6 Å². The zero-order valence-electron chi connectivity index (χ0n) is 18.1. The van der Waals surface area contributed by atoms with Crippen molar-refractivity contribution in [2.24, 2.45) is 0 Å². The molecule has 0 amide bonds. The molecule has 0 aliphatic carbocycles. The van der Waals surface area contributed by atoms with Crippen LogP contribution >= 0.6 is 0 Å². The Balaban J connectivity index is 1.56. The Hall–Kier alpha value is -2.63. The SMILES string of the molecule is CC[NH+]1CC[NH+](Cc2c(O)ccc3c2OC(=Cc2ccc(C(C)C)cc2)C3=O)CC1. The van der Waals surface area contributed by atoms with E-state index in [1.54, 1.807) is 23.1 Å². The predicted molar refractivity (Wildman–Crippen MR) is 117 cm³/mol. The molecule has 4 rings (SSSR count). The number of phenols is 1. The van der Waals surface area contributed by atoms with Gasteiger partial charge in [-0.15, -0.1) is 0 Å². The van der Waals surface area contributed by atoms with Crippen LogP contribution in [0, 0.1) is 0 Å². The fraction of sp³-hybridized carbons (Fsp3) is 0.400. The first-order valence-corrected chi connectivity index (χ1v) is 11.0. The minimum atomic E-state index is -0.116. The van der Waals surface area contributed by atoms with Gasteiger partial charge in [-0.2, -0.15) is 0 Å². The lowest BCUT2D eigenvalue weighted by Crippen LogP contribution is -3.27. The van der Waals surface area contributed by atoms with Crippen LogP contribution in [-0.2, 0) is 6.54 Å². The Kier molecular flexibility index (Phi) is 5.93. The Bertz CT molecular complexity index is 955. The van der Waals surface area contributed by atoms with Gasteiger partial charge in [-0.25, -0.2) is 0 Å². The van der Waals surface area contributed by atoms with E-state index in [0.717, 1.165) is 43.9 Å². The van der Waals surface area contributed by atoms with Crippen LogP contribution in [0.2, 0.25) is 0 Å². The monoisotopic (exact) mass is 408 g/mol. The Morgan fingerprint density at radius 3 is 2.33 bits per heavy atom. The number of carbonyl (C=O) groups excluding carboxylic acids is 1. The molecule has 1 fully saturated rings. The first kappa shape index (κ1) is 20.6. The molecule has 0 atom stereocenters. The number of nitrogens with one attached hydrogen (secondary N) is 2. The van der Waals surface area contributed by atoms with Crippen LogP contribution in [0.5, 0.6) is 11.5 Å². The fourth-order valence-corrected chi connectivity index (χ4v) is 4.33. The van der Waals surface area contributed by atoms with Gasteiger partial charge in [0.05, 0.1) is 17.7 Å². The van der Waals surface area contributed by atoms with Crippen molar-refractivity contribution in [3.8, 4) is 11.5 Å². The molecule has 0 saturated carbocycles. The third-order valence-corrected chi connectivity index (χ3v) is 6.41. The molecule has 2 aromatic carbocycles. The van der Waals surface area contributed by atoms with Crippen molar-refractivity contribution in [2.75, 3.05) is 32.7 Å². The number of quaternary nitrogens is 2. The Morgan fingerprint density at radius 2 is 1.70 bits per heavy atom. The highest BCUT2D eigenvalue weighted by Gasteiger charge is 2.33. The molecule has 2 heterocycles. The average Bonchev–Trinajstić information content (AvgIpc) is 3.06. The Labute approximate surface area is 178 Å². The van der Waals surface area contributed by atoms with Crippen molar-refractivity contribution >= 4 is 11.9 Å². The van der Waals surface area contributed by atoms with E-state index < -0.39 is 0 Å². The molecule has 158 valence electrons. The molecule has 3 N–H and O–H groups in total. The highest BCUT2D eigenvalue weighted by atomic mass is 16.5. The molecule has 2 aromatic rings. The first-order chi connectivity index (χ1) is 14.5. The maximum Gasteiger partial charge on any atom is 0.231 e. The molecule has 1 saturated heterocycles. The molecule has 0 radical (unpaired) electrons. The van der Waals surface area contributed by atoms with Crippen LogP contribution in [0.3, 0.4) is 0 Å². The zero-order chi connectivity index (χ0) is 21.3. The van der Waals surface area contributed by atoms with E-state index in [1.807, 2.05) is 12.1 Å². The van der Waals surface area contributed by atoms with E-state index in [9.17, 15) is 9.90 Å². The highest BCUT2D eigenvalue weighted by Crippen LogP contribution is 2.39. The van der Waals surface area contributed by atoms with Crippen LogP contribution in [0.4, 0.5) is 0 Å². The molecule has 0 aromatic heterocycles. The highest BCUT2D eigenvalue weighted by molar-refractivity contribution is 6.14. The number of piperazine rings is 1. The van der Waals surface area contributed by atoms with Gasteiger partial charge in [0.15, 0.2) is 11.5 Å². The molecule has 0 unspecified atom stereocenters. The van der Waals surface area contributed by atoms with Gasteiger partial charge in [0.2, 0.25) is 5.78 Å². The average molecular weight is 409 g/mol. The van der Waals surface area contributed by atoms with Crippen LogP contribution in [0.15, 0.2) is 42.2 Å². The lowest BCUT2D eigenvalue weighted by molar-refractivity contribution is -1.02. The zero-order valence-corrected chi connectivity index (χ0v) is 18.1. The van der Waals surface area contributed by atoms with Gasteiger partial charge in [0, 0.05) is 0 Å². The number of aromatic hydroxyl groups is 1. The molecule has 0 spiro atoms. The summed E-state index contributed by atoms with van der Waals surface area (Å²) in [7, 11) is 0. The molecule has 2 aliphatic heterocycles. The van der Waals surface area contributed by atoms with Gasteiger partial charge >= 0.3 is 0 Å². The lowest BCUT2D eigenvalue weighted by Gasteiger charge is -2.29. The van der Waals surface area contributed by atoms with Gasteiger partial charge in [-0.1, -0.05) is 38.1 Å². The van der Waals surface area contributed by atoms with E-state index in [2.05, 4.69) is 32.9 Å². The van der Waals surface area contributed by atoms with E-state index in [4.69, 9.17) is 4.74 Å². The number of phenolic OH excluding ortho intramolecular Hbond substituents is 1. The second-order valence-corrected chi connectivity index (χ2v) is 8.73. The quantitative estimate of drug-likeness (QED) is 0.657. The van der Waals surface area contributed by atoms with Crippen LogP contribution in [0.25, 0.3) is 6.08 Å². The Morgan fingerprint density at radius 1 is 1.03 bits per heavy atom. The molecular weight excluding hydrogens is 376 g/mol. The molecule has 30 heavy (non-hydrogen) atoms. The standard InChI is InChI=1S/C25H30N2O3/c1-4-26-11-13-27(14-12-26)16-21-22(28)10-9-20-24(29)23(30-25(20)21)15-18-5-7-19(8-6-18)17(2)3/h5-10,15,17,28H,4,11-14,16H2,1-3H3/p+2. The molecule has 2 aliphatic rings. The number of rotatable bonds is 5. The van der Waals surface area contributed by atoms with Gasteiger partial charge in [0.25, 0.3) is 0 Å². The fourth-order valence-electron chi connectivity index (χ4n) is 4.33. The summed E-state index contributed by atoms with van der Waals surface area (Å²) in [6, 6.07) is 11.5. The maximum atomic E-state index is 12.9. The number of likely N-dealkylation sites (N-methyl/N-ethyl adjacent to an activating group) is 1. The summed E-state index contributed by atoms with van der Waals surface area (Å²) >= 11 is 0. The van der Waals surface area contributed by atoms with Crippen molar-refractivity contribution in [1.29, 1.82) is 0 Å². The first-order valence-electron chi connectivity index (χ1n) is 11.0.